The largest absolute Gasteiger partial charge is 0.493 e. The first kappa shape index (κ1) is 22.6. The molecule has 0 aliphatic rings. The first-order chi connectivity index (χ1) is 15.1. The fourth-order valence-corrected chi connectivity index (χ4v) is 4.18. The number of ether oxygens (including phenoxy) is 4. The third-order valence-corrected chi connectivity index (χ3v) is 5.62. The van der Waals surface area contributed by atoms with Crippen LogP contribution in [-0.2, 0) is 16.1 Å². The zero-order valence-corrected chi connectivity index (χ0v) is 18.9. The van der Waals surface area contributed by atoms with Gasteiger partial charge in [-0.1, -0.05) is 23.5 Å². The van der Waals surface area contributed by atoms with Crippen LogP contribution in [0.25, 0.3) is 16.3 Å². The van der Waals surface area contributed by atoms with Crippen LogP contribution in [-0.4, -0.2) is 45.0 Å². The van der Waals surface area contributed by atoms with Crippen LogP contribution in [0.3, 0.4) is 0 Å². The molecular weight excluding hydrogens is 416 g/mol. The van der Waals surface area contributed by atoms with Gasteiger partial charge in [0.05, 0.1) is 38.2 Å². The number of fused-ring (bicyclic) bond motifs is 1. The zero-order chi connectivity index (χ0) is 22.2. The Balaban J connectivity index is 1.91. The number of carbonyl (C=O) groups is 1. The van der Waals surface area contributed by atoms with Gasteiger partial charge in [-0.25, -0.2) is 0 Å². The summed E-state index contributed by atoms with van der Waals surface area (Å²) < 4.78 is 24.6. The highest BCUT2D eigenvalue weighted by Crippen LogP contribution is 2.38. The summed E-state index contributed by atoms with van der Waals surface area (Å²) in [6, 6.07) is 11.5. The van der Waals surface area contributed by atoms with Gasteiger partial charge < -0.3 is 23.5 Å². The van der Waals surface area contributed by atoms with Crippen LogP contribution in [0.15, 0.2) is 47.5 Å². The van der Waals surface area contributed by atoms with Crippen LogP contribution in [0.1, 0.15) is 12.5 Å². The molecule has 0 bridgehead atoms. The molecule has 0 fully saturated rings. The second-order valence-corrected chi connectivity index (χ2v) is 7.45. The number of aromatic nitrogens is 1. The van der Waals surface area contributed by atoms with Crippen LogP contribution in [0, 0.1) is 0 Å². The van der Waals surface area contributed by atoms with Crippen LogP contribution < -0.4 is 19.0 Å². The van der Waals surface area contributed by atoms with Crippen molar-refractivity contribution in [3.8, 4) is 17.2 Å². The summed E-state index contributed by atoms with van der Waals surface area (Å²) in [5, 5.41) is 0. The number of methoxy groups -OCH3 is 3. The molecule has 7 nitrogen and oxygen atoms in total. The van der Waals surface area contributed by atoms with Gasteiger partial charge in [0, 0.05) is 19.2 Å². The van der Waals surface area contributed by atoms with E-state index >= 15 is 0 Å². The van der Waals surface area contributed by atoms with Gasteiger partial charge in [0.2, 0.25) is 5.75 Å². The lowest BCUT2D eigenvalue weighted by molar-refractivity contribution is -0.113. The highest BCUT2D eigenvalue weighted by Gasteiger charge is 2.12. The fraction of sp³-hybridized carbons (Fsp3) is 0.304. The third-order valence-electron chi connectivity index (χ3n) is 4.56. The molecule has 3 aromatic rings. The molecule has 1 amide bonds. The Labute approximate surface area is 185 Å². The van der Waals surface area contributed by atoms with Gasteiger partial charge >= 0.3 is 0 Å². The predicted molar refractivity (Wildman–Crippen MR) is 122 cm³/mol. The summed E-state index contributed by atoms with van der Waals surface area (Å²) >= 11 is 1.48. The van der Waals surface area contributed by atoms with Gasteiger partial charge in [-0.15, -0.1) is 0 Å². The van der Waals surface area contributed by atoms with Crippen molar-refractivity contribution in [3.05, 3.63) is 52.8 Å². The number of hydrogen-bond donors (Lipinski definition) is 0. The van der Waals surface area contributed by atoms with E-state index in [2.05, 4.69) is 4.99 Å². The Hall–Kier alpha value is -3.10. The van der Waals surface area contributed by atoms with E-state index in [1.807, 2.05) is 35.8 Å². The molecule has 0 saturated heterocycles. The second kappa shape index (κ2) is 10.8. The van der Waals surface area contributed by atoms with Gasteiger partial charge in [0.25, 0.3) is 5.91 Å². The van der Waals surface area contributed by atoms with E-state index < -0.39 is 0 Å². The summed E-state index contributed by atoms with van der Waals surface area (Å²) in [4.78, 5) is 17.6. The molecule has 3 rings (SSSR count). The van der Waals surface area contributed by atoms with E-state index in [0.29, 0.717) is 41.8 Å². The number of para-hydroxylation sites is 1. The van der Waals surface area contributed by atoms with Crippen molar-refractivity contribution in [1.29, 1.82) is 0 Å². The molecule has 31 heavy (non-hydrogen) atoms. The van der Waals surface area contributed by atoms with Crippen LogP contribution in [0.2, 0.25) is 0 Å². The van der Waals surface area contributed by atoms with Crippen molar-refractivity contribution >= 4 is 33.5 Å². The lowest BCUT2D eigenvalue weighted by atomic mass is 10.1. The lowest BCUT2D eigenvalue weighted by Gasteiger charge is -2.12. The molecule has 0 aliphatic heterocycles. The number of carbonyl (C=O) groups excluding carboxylic acids is 1. The number of benzene rings is 2. The molecule has 0 aliphatic carbocycles. The van der Waals surface area contributed by atoms with Crippen molar-refractivity contribution in [1.82, 2.24) is 4.57 Å². The number of nitrogens with zero attached hydrogens (tertiary/aromatic N) is 2. The summed E-state index contributed by atoms with van der Waals surface area (Å²) in [5.41, 5.74) is 1.77. The molecule has 1 heterocycles. The first-order valence-electron chi connectivity index (χ1n) is 9.84. The topological polar surface area (TPSA) is 71.3 Å². The van der Waals surface area contributed by atoms with Crippen molar-refractivity contribution in [2.75, 3.05) is 34.5 Å². The molecule has 164 valence electrons. The van der Waals surface area contributed by atoms with Crippen LogP contribution in [0.4, 0.5) is 0 Å². The molecule has 0 saturated carbocycles. The maximum atomic E-state index is 12.6. The molecule has 0 N–H and O–H groups in total. The molecule has 8 heteroatoms. The van der Waals surface area contributed by atoms with Gasteiger partial charge in [0.1, 0.15) is 0 Å². The zero-order valence-electron chi connectivity index (χ0n) is 18.1. The number of rotatable bonds is 9. The minimum atomic E-state index is -0.356. The third kappa shape index (κ3) is 5.34. The molecule has 1 aromatic heterocycles. The molecule has 0 unspecified atom stereocenters. The highest BCUT2D eigenvalue weighted by molar-refractivity contribution is 7.16. The predicted octanol–water partition coefficient (Wildman–Crippen LogP) is 3.91. The maximum absolute atomic E-state index is 12.6. The molecule has 0 spiro atoms. The van der Waals surface area contributed by atoms with Crippen molar-refractivity contribution in [2.24, 2.45) is 4.99 Å². The minimum Gasteiger partial charge on any atom is -0.493 e. The van der Waals surface area contributed by atoms with E-state index in [0.717, 1.165) is 15.8 Å². The Morgan fingerprint density at radius 3 is 2.45 bits per heavy atom. The Bertz CT molecular complexity index is 1120. The van der Waals surface area contributed by atoms with Gasteiger partial charge in [0.15, 0.2) is 16.3 Å². The van der Waals surface area contributed by atoms with Gasteiger partial charge in [-0.05, 0) is 42.8 Å². The monoisotopic (exact) mass is 442 g/mol. The minimum absolute atomic E-state index is 0.356. The Morgan fingerprint density at radius 1 is 1.10 bits per heavy atom. The van der Waals surface area contributed by atoms with Gasteiger partial charge in [-0.3, -0.25) is 4.79 Å². The lowest BCUT2D eigenvalue weighted by Crippen LogP contribution is -2.19. The van der Waals surface area contributed by atoms with E-state index in [-0.39, 0.29) is 5.91 Å². The van der Waals surface area contributed by atoms with Crippen molar-refractivity contribution in [2.45, 2.75) is 13.5 Å². The van der Waals surface area contributed by atoms with Crippen LogP contribution >= 0.6 is 11.3 Å². The quantitative estimate of drug-likeness (QED) is 0.371. The van der Waals surface area contributed by atoms with E-state index in [9.17, 15) is 4.79 Å². The molecule has 0 atom stereocenters. The number of hydrogen-bond acceptors (Lipinski definition) is 6. The SMILES string of the molecule is CCOCCn1c(=NC(=O)/C=C\c2cc(OC)c(OC)c(OC)c2)sc2ccccc21. The number of thiazole rings is 1. The standard InChI is InChI=1S/C23H26N2O5S/c1-5-30-13-12-25-17-8-6-7-9-20(17)31-23(25)24-21(26)11-10-16-14-18(27-2)22(29-4)19(15-16)28-3/h6-11,14-15H,5,12-13H2,1-4H3/b11-10-,24-23?. The van der Waals surface area contributed by atoms with E-state index in [1.54, 1.807) is 39.5 Å². The van der Waals surface area contributed by atoms with E-state index in [4.69, 9.17) is 18.9 Å². The summed E-state index contributed by atoms with van der Waals surface area (Å²) in [6.07, 6.45) is 3.10. The normalized spacial score (nSPS) is 11.9. The van der Waals surface area contributed by atoms with E-state index in [1.165, 1.54) is 17.4 Å². The Morgan fingerprint density at radius 2 is 1.81 bits per heavy atom. The summed E-state index contributed by atoms with van der Waals surface area (Å²) in [5.74, 6) is 1.18. The fourth-order valence-electron chi connectivity index (χ4n) is 3.12. The Kier molecular flexibility index (Phi) is 7.86. The highest BCUT2D eigenvalue weighted by atomic mass is 32.1. The van der Waals surface area contributed by atoms with Crippen molar-refractivity contribution in [3.63, 3.8) is 0 Å². The maximum Gasteiger partial charge on any atom is 0.272 e. The smallest absolute Gasteiger partial charge is 0.272 e. The average Bonchev–Trinajstić information content (AvgIpc) is 3.13. The van der Waals surface area contributed by atoms with Crippen molar-refractivity contribution < 1.29 is 23.7 Å². The average molecular weight is 443 g/mol. The summed E-state index contributed by atoms with van der Waals surface area (Å²) in [6.45, 7) is 3.78. The molecular formula is C23H26N2O5S. The summed E-state index contributed by atoms with van der Waals surface area (Å²) in [7, 11) is 4.64. The second-order valence-electron chi connectivity index (χ2n) is 6.44. The molecule has 2 aromatic carbocycles. The van der Waals surface area contributed by atoms with Crippen LogP contribution in [0.5, 0.6) is 17.2 Å². The first-order valence-corrected chi connectivity index (χ1v) is 10.7. The molecule has 0 radical (unpaired) electrons. The van der Waals surface area contributed by atoms with Gasteiger partial charge in [-0.2, -0.15) is 4.99 Å². The number of amides is 1.